The van der Waals surface area contributed by atoms with Crippen molar-refractivity contribution >= 4 is 79.8 Å². The van der Waals surface area contributed by atoms with Crippen molar-refractivity contribution in [3.05, 3.63) is 99.0 Å². The summed E-state index contributed by atoms with van der Waals surface area (Å²) in [6.45, 7) is 0. The van der Waals surface area contributed by atoms with Gasteiger partial charge in [0.15, 0.2) is 11.3 Å². The van der Waals surface area contributed by atoms with Gasteiger partial charge in [-0.05, 0) is 54.3 Å². The van der Waals surface area contributed by atoms with Gasteiger partial charge in [0.25, 0.3) is 0 Å². The first-order chi connectivity index (χ1) is 15.0. The molecule has 0 fully saturated rings. The highest BCUT2D eigenvalue weighted by Gasteiger charge is 2.40. The molecule has 0 aromatic heterocycles. The van der Waals surface area contributed by atoms with Gasteiger partial charge in [-0.25, -0.2) is 4.99 Å². The molecule has 154 valence electrons. The number of nitrogens with zero attached hydrogens (tertiary/aromatic N) is 4. The first kappa shape index (κ1) is 20.8. The van der Waals surface area contributed by atoms with E-state index in [0.717, 1.165) is 21.9 Å². The van der Waals surface area contributed by atoms with Crippen LogP contribution in [0, 0.1) is 0 Å². The fraction of sp³-hybridized carbons (Fsp3) is 0.0455. The molecule has 1 atom stereocenters. The predicted octanol–water partition coefficient (Wildman–Crippen LogP) is 7.22. The lowest BCUT2D eigenvalue weighted by Gasteiger charge is -2.38. The van der Waals surface area contributed by atoms with Crippen molar-refractivity contribution in [2.24, 2.45) is 10.1 Å². The predicted molar refractivity (Wildman–Crippen MR) is 136 cm³/mol. The third kappa shape index (κ3) is 3.83. The quantitative estimate of drug-likeness (QED) is 0.353. The Balaban J connectivity index is 1.63. The maximum Gasteiger partial charge on any atom is 0.205 e. The van der Waals surface area contributed by atoms with Gasteiger partial charge in [0.05, 0.1) is 5.02 Å². The third-order valence-electron chi connectivity index (χ3n) is 4.80. The summed E-state index contributed by atoms with van der Waals surface area (Å²) in [5.74, 6) is 0. The molecule has 0 N–H and O–H groups in total. The van der Waals surface area contributed by atoms with Crippen molar-refractivity contribution in [1.29, 1.82) is 0 Å². The molecule has 0 amide bonds. The number of hydrazone groups is 1. The standard InChI is InChI=1S/C22H13Cl3N4S2/c23-13-10-11-15(18(25)12-13)19-26-21-29(22(30)28(19)14-6-2-1-3-7-14)27-20(31-21)16-8-4-5-9-17(16)24/h1-12,19H. The van der Waals surface area contributed by atoms with Crippen LogP contribution in [-0.2, 0) is 0 Å². The van der Waals surface area contributed by atoms with Crippen LogP contribution in [-0.4, -0.2) is 20.3 Å². The molecule has 2 heterocycles. The topological polar surface area (TPSA) is 31.2 Å². The minimum atomic E-state index is -0.459. The number of rotatable bonds is 3. The lowest BCUT2D eigenvalue weighted by Crippen LogP contribution is -2.47. The van der Waals surface area contributed by atoms with Gasteiger partial charge in [-0.3, -0.25) is 4.90 Å². The van der Waals surface area contributed by atoms with E-state index >= 15 is 0 Å². The molecule has 9 heteroatoms. The van der Waals surface area contributed by atoms with Gasteiger partial charge in [-0.2, -0.15) is 10.1 Å². The summed E-state index contributed by atoms with van der Waals surface area (Å²) < 4.78 is 0. The van der Waals surface area contributed by atoms with Crippen LogP contribution in [0.3, 0.4) is 0 Å². The van der Waals surface area contributed by atoms with Gasteiger partial charge in [0.2, 0.25) is 5.11 Å². The molecule has 0 spiro atoms. The number of halogens is 3. The first-order valence-corrected chi connectivity index (χ1v) is 11.6. The maximum atomic E-state index is 6.56. The molecule has 1 unspecified atom stereocenters. The average Bonchev–Trinajstić information content (AvgIpc) is 3.19. The Morgan fingerprint density at radius 1 is 0.871 bits per heavy atom. The Bertz CT molecular complexity index is 1250. The van der Waals surface area contributed by atoms with Crippen LogP contribution in [0.2, 0.25) is 15.1 Å². The van der Waals surface area contributed by atoms with Gasteiger partial charge in [-0.1, -0.05) is 77.3 Å². The summed E-state index contributed by atoms with van der Waals surface area (Å²) in [6, 6.07) is 22.8. The lowest BCUT2D eigenvalue weighted by molar-refractivity contribution is 0.598. The van der Waals surface area contributed by atoms with E-state index in [0.29, 0.717) is 25.3 Å². The van der Waals surface area contributed by atoms with E-state index in [1.165, 1.54) is 11.8 Å². The molecule has 3 aromatic carbocycles. The van der Waals surface area contributed by atoms with E-state index in [2.05, 4.69) is 0 Å². The molecule has 31 heavy (non-hydrogen) atoms. The number of fused-ring (bicyclic) bond motifs is 1. The van der Waals surface area contributed by atoms with Crippen LogP contribution in [0.4, 0.5) is 5.69 Å². The second-order valence-electron chi connectivity index (χ2n) is 6.74. The Hall–Kier alpha value is -2.09. The Labute approximate surface area is 204 Å². The van der Waals surface area contributed by atoms with Crippen LogP contribution in [0.15, 0.2) is 82.9 Å². The van der Waals surface area contributed by atoms with Crippen molar-refractivity contribution in [2.45, 2.75) is 6.17 Å². The van der Waals surface area contributed by atoms with Crippen molar-refractivity contribution in [3.8, 4) is 0 Å². The van der Waals surface area contributed by atoms with Gasteiger partial charge in [0, 0.05) is 26.9 Å². The van der Waals surface area contributed by atoms with Gasteiger partial charge >= 0.3 is 0 Å². The molecule has 2 aliphatic heterocycles. The molecule has 4 nitrogen and oxygen atoms in total. The summed E-state index contributed by atoms with van der Waals surface area (Å²) in [7, 11) is 0. The Morgan fingerprint density at radius 3 is 2.35 bits per heavy atom. The molecule has 0 saturated heterocycles. The van der Waals surface area contributed by atoms with E-state index in [-0.39, 0.29) is 0 Å². The minimum Gasteiger partial charge on any atom is -0.290 e. The second-order valence-corrected chi connectivity index (χ2v) is 9.31. The van der Waals surface area contributed by atoms with Gasteiger partial charge in [0.1, 0.15) is 5.04 Å². The lowest BCUT2D eigenvalue weighted by atomic mass is 10.1. The maximum absolute atomic E-state index is 6.56. The zero-order chi connectivity index (χ0) is 21.5. The fourth-order valence-corrected chi connectivity index (χ4v) is 5.49. The highest BCUT2D eigenvalue weighted by molar-refractivity contribution is 8.27. The highest BCUT2D eigenvalue weighted by Crippen LogP contribution is 2.41. The molecule has 0 saturated carbocycles. The van der Waals surface area contributed by atoms with E-state index in [1.54, 1.807) is 17.1 Å². The molecule has 5 rings (SSSR count). The van der Waals surface area contributed by atoms with E-state index in [1.807, 2.05) is 65.6 Å². The highest BCUT2D eigenvalue weighted by atomic mass is 35.5. The normalized spacial score (nSPS) is 18.0. The minimum absolute atomic E-state index is 0.459. The molecule has 0 bridgehead atoms. The third-order valence-corrected chi connectivity index (χ3v) is 7.02. The fourth-order valence-electron chi connectivity index (χ4n) is 3.36. The van der Waals surface area contributed by atoms with Crippen molar-refractivity contribution in [1.82, 2.24) is 5.01 Å². The van der Waals surface area contributed by atoms with Crippen molar-refractivity contribution < 1.29 is 0 Å². The summed E-state index contributed by atoms with van der Waals surface area (Å²) in [6.07, 6.45) is -0.459. The molecule has 0 radical (unpaired) electrons. The molecule has 2 aliphatic rings. The Kier molecular flexibility index (Phi) is 5.67. The molecule has 3 aromatic rings. The molecule has 0 aliphatic carbocycles. The Morgan fingerprint density at radius 2 is 1.61 bits per heavy atom. The summed E-state index contributed by atoms with van der Waals surface area (Å²) in [5, 5.41) is 10.0. The number of aliphatic imine (C=N–C) groups is 1. The second kappa shape index (κ2) is 8.45. The number of hydrogen-bond donors (Lipinski definition) is 0. The smallest absolute Gasteiger partial charge is 0.205 e. The average molecular weight is 504 g/mol. The van der Waals surface area contributed by atoms with E-state index in [9.17, 15) is 0 Å². The zero-order valence-corrected chi connectivity index (χ0v) is 19.6. The zero-order valence-electron chi connectivity index (χ0n) is 15.7. The number of para-hydroxylation sites is 1. The molecular weight excluding hydrogens is 491 g/mol. The van der Waals surface area contributed by atoms with Gasteiger partial charge < -0.3 is 0 Å². The van der Waals surface area contributed by atoms with Crippen molar-refractivity contribution in [2.75, 3.05) is 4.90 Å². The van der Waals surface area contributed by atoms with Crippen LogP contribution in [0.1, 0.15) is 17.3 Å². The van der Waals surface area contributed by atoms with Crippen molar-refractivity contribution in [3.63, 3.8) is 0 Å². The van der Waals surface area contributed by atoms with Crippen LogP contribution in [0.5, 0.6) is 0 Å². The van der Waals surface area contributed by atoms with Crippen LogP contribution in [0.25, 0.3) is 0 Å². The van der Waals surface area contributed by atoms with E-state index in [4.69, 9.17) is 57.1 Å². The number of hydrogen-bond acceptors (Lipinski definition) is 4. The summed E-state index contributed by atoms with van der Waals surface area (Å²) in [5.41, 5.74) is 2.52. The monoisotopic (exact) mass is 502 g/mol. The number of amidine groups is 1. The molecular formula is C22H13Cl3N4S2. The number of benzene rings is 3. The largest absolute Gasteiger partial charge is 0.290 e. The van der Waals surface area contributed by atoms with Gasteiger partial charge in [-0.15, -0.1) is 0 Å². The number of thioether (sulfide) groups is 1. The number of anilines is 1. The summed E-state index contributed by atoms with van der Waals surface area (Å²) >= 11 is 26.4. The summed E-state index contributed by atoms with van der Waals surface area (Å²) in [4.78, 5) is 6.92. The number of thiocarbonyl (C=S) groups is 1. The van der Waals surface area contributed by atoms with Crippen LogP contribution >= 0.6 is 58.8 Å². The van der Waals surface area contributed by atoms with E-state index < -0.39 is 6.17 Å². The first-order valence-electron chi connectivity index (χ1n) is 9.25. The van der Waals surface area contributed by atoms with Crippen LogP contribution < -0.4 is 4.90 Å². The SMILES string of the molecule is S=C1N2N=C(c3ccccc3Cl)SC2=NC(c2ccc(Cl)cc2Cl)N1c1ccccc1.